The van der Waals surface area contributed by atoms with Gasteiger partial charge in [-0.2, -0.15) is 5.10 Å². The molecule has 0 atom stereocenters. The van der Waals surface area contributed by atoms with Gasteiger partial charge in [-0.3, -0.25) is 14.9 Å². The predicted molar refractivity (Wildman–Crippen MR) is 110 cm³/mol. The van der Waals surface area contributed by atoms with E-state index in [2.05, 4.69) is 10.5 Å². The maximum absolute atomic E-state index is 12.3. The molecule has 0 radical (unpaired) electrons. The molecule has 0 aliphatic heterocycles. The number of benzene rings is 2. The van der Waals surface area contributed by atoms with E-state index in [1.54, 1.807) is 30.3 Å². The number of hydrogen-bond donors (Lipinski definition) is 1. The fourth-order valence-corrected chi connectivity index (χ4v) is 2.75. The standard InChI is InChI=1S/C20H16ClN3O6/c1-28-15-7-12(8-16(10-15)29-2)20(25)23-22-11-14-4-6-19(30-14)17-9-13(24(26)27)3-5-18(17)21/h3-11H,1-2H3,(H,23,25). The van der Waals surface area contributed by atoms with E-state index in [1.807, 2.05) is 0 Å². The van der Waals surface area contributed by atoms with Crippen LogP contribution in [-0.4, -0.2) is 31.3 Å². The largest absolute Gasteiger partial charge is 0.497 e. The van der Waals surface area contributed by atoms with Gasteiger partial charge in [-0.05, 0) is 30.3 Å². The lowest BCUT2D eigenvalue weighted by molar-refractivity contribution is -0.384. The van der Waals surface area contributed by atoms with Crippen LogP contribution in [-0.2, 0) is 0 Å². The smallest absolute Gasteiger partial charge is 0.271 e. The van der Waals surface area contributed by atoms with Crippen molar-refractivity contribution >= 4 is 29.4 Å². The molecule has 1 amide bonds. The van der Waals surface area contributed by atoms with Crippen molar-refractivity contribution in [1.29, 1.82) is 0 Å². The van der Waals surface area contributed by atoms with Gasteiger partial charge >= 0.3 is 0 Å². The number of ether oxygens (including phenoxy) is 2. The molecular formula is C20H16ClN3O6. The summed E-state index contributed by atoms with van der Waals surface area (Å²) in [6.07, 6.45) is 1.30. The molecule has 1 aromatic heterocycles. The number of carbonyl (C=O) groups excluding carboxylic acids is 1. The molecule has 1 heterocycles. The van der Waals surface area contributed by atoms with E-state index in [9.17, 15) is 14.9 Å². The highest BCUT2D eigenvalue weighted by atomic mass is 35.5. The first-order valence-electron chi connectivity index (χ1n) is 8.52. The first-order chi connectivity index (χ1) is 14.4. The van der Waals surface area contributed by atoms with Gasteiger partial charge in [0.2, 0.25) is 0 Å². The highest BCUT2D eigenvalue weighted by Gasteiger charge is 2.14. The van der Waals surface area contributed by atoms with Gasteiger partial charge in [-0.1, -0.05) is 11.6 Å². The summed E-state index contributed by atoms with van der Waals surface area (Å²) in [6.45, 7) is 0. The van der Waals surface area contributed by atoms with Crippen molar-refractivity contribution in [3.8, 4) is 22.8 Å². The molecule has 0 aliphatic rings. The molecule has 154 valence electrons. The molecule has 0 saturated carbocycles. The number of carbonyl (C=O) groups is 1. The summed E-state index contributed by atoms with van der Waals surface area (Å²) in [4.78, 5) is 22.7. The molecule has 0 unspecified atom stereocenters. The van der Waals surface area contributed by atoms with Gasteiger partial charge in [-0.15, -0.1) is 0 Å². The third-order valence-electron chi connectivity index (χ3n) is 4.02. The van der Waals surface area contributed by atoms with Gasteiger partial charge in [0.15, 0.2) is 0 Å². The van der Waals surface area contributed by atoms with Crippen LogP contribution in [0.25, 0.3) is 11.3 Å². The van der Waals surface area contributed by atoms with Crippen molar-refractivity contribution in [1.82, 2.24) is 5.43 Å². The minimum atomic E-state index is -0.520. The number of amides is 1. The summed E-state index contributed by atoms with van der Waals surface area (Å²) in [5.41, 5.74) is 2.94. The monoisotopic (exact) mass is 429 g/mol. The van der Waals surface area contributed by atoms with Gasteiger partial charge in [-0.25, -0.2) is 5.43 Å². The second-order valence-electron chi connectivity index (χ2n) is 5.92. The first-order valence-corrected chi connectivity index (χ1v) is 8.89. The summed E-state index contributed by atoms with van der Waals surface area (Å²) in [5.74, 6) is 1.10. The Hall–Kier alpha value is -3.85. The number of nitrogens with zero attached hydrogens (tertiary/aromatic N) is 2. The number of nitro benzene ring substituents is 1. The second-order valence-corrected chi connectivity index (χ2v) is 6.33. The Morgan fingerprint density at radius 3 is 2.47 bits per heavy atom. The number of hydrazone groups is 1. The van der Waals surface area contributed by atoms with Gasteiger partial charge in [0.25, 0.3) is 11.6 Å². The lowest BCUT2D eigenvalue weighted by atomic mass is 10.1. The van der Waals surface area contributed by atoms with E-state index in [4.69, 9.17) is 25.5 Å². The Morgan fingerprint density at radius 2 is 1.83 bits per heavy atom. The normalized spacial score (nSPS) is 10.8. The van der Waals surface area contributed by atoms with Crippen LogP contribution in [0.2, 0.25) is 5.02 Å². The lowest BCUT2D eigenvalue weighted by Gasteiger charge is -2.07. The van der Waals surface area contributed by atoms with E-state index in [0.29, 0.717) is 39.2 Å². The minimum absolute atomic E-state index is 0.109. The SMILES string of the molecule is COc1cc(OC)cc(C(=O)NN=Cc2ccc(-c3cc([N+](=O)[O-])ccc3Cl)o2)c1. The molecule has 9 nitrogen and oxygen atoms in total. The lowest BCUT2D eigenvalue weighted by Crippen LogP contribution is -2.17. The molecule has 0 spiro atoms. The van der Waals surface area contributed by atoms with Crippen molar-refractivity contribution in [3.05, 3.63) is 75.0 Å². The van der Waals surface area contributed by atoms with E-state index in [0.717, 1.165) is 0 Å². The van der Waals surface area contributed by atoms with Crippen LogP contribution in [0, 0.1) is 10.1 Å². The molecule has 2 aromatic carbocycles. The first kappa shape index (κ1) is 20.9. The van der Waals surface area contributed by atoms with Crippen molar-refractivity contribution in [2.75, 3.05) is 14.2 Å². The predicted octanol–water partition coefficient (Wildman–Crippen LogP) is 4.29. The Kier molecular flexibility index (Phi) is 6.33. The third-order valence-corrected chi connectivity index (χ3v) is 4.35. The number of halogens is 1. The van der Waals surface area contributed by atoms with E-state index >= 15 is 0 Å². The maximum Gasteiger partial charge on any atom is 0.271 e. The van der Waals surface area contributed by atoms with E-state index in [1.165, 1.54) is 38.6 Å². The third kappa shape index (κ3) is 4.76. The summed E-state index contributed by atoms with van der Waals surface area (Å²) < 4.78 is 15.9. The number of rotatable bonds is 7. The van der Waals surface area contributed by atoms with Crippen LogP contribution in [0.5, 0.6) is 11.5 Å². The van der Waals surface area contributed by atoms with Crippen LogP contribution >= 0.6 is 11.6 Å². The van der Waals surface area contributed by atoms with Crippen molar-refractivity contribution in [2.45, 2.75) is 0 Å². The molecule has 30 heavy (non-hydrogen) atoms. The minimum Gasteiger partial charge on any atom is -0.497 e. The fourth-order valence-electron chi connectivity index (χ4n) is 2.54. The van der Waals surface area contributed by atoms with E-state index < -0.39 is 10.8 Å². The fraction of sp³-hybridized carbons (Fsp3) is 0.100. The molecule has 0 fully saturated rings. The molecule has 3 rings (SSSR count). The van der Waals surface area contributed by atoms with Gasteiger partial charge in [0, 0.05) is 29.3 Å². The molecule has 10 heteroatoms. The van der Waals surface area contributed by atoms with Crippen LogP contribution in [0.3, 0.4) is 0 Å². The van der Waals surface area contributed by atoms with Crippen LogP contribution in [0.1, 0.15) is 16.1 Å². The van der Waals surface area contributed by atoms with Crippen LogP contribution in [0.4, 0.5) is 5.69 Å². The summed E-state index contributed by atoms with van der Waals surface area (Å²) >= 11 is 6.11. The highest BCUT2D eigenvalue weighted by Crippen LogP contribution is 2.32. The molecule has 0 aliphatic carbocycles. The number of nitrogens with one attached hydrogen (secondary N) is 1. The van der Waals surface area contributed by atoms with Crippen LogP contribution < -0.4 is 14.9 Å². The molecule has 1 N–H and O–H groups in total. The van der Waals surface area contributed by atoms with Crippen molar-refractivity contribution in [3.63, 3.8) is 0 Å². The van der Waals surface area contributed by atoms with Crippen LogP contribution in [0.15, 0.2) is 58.0 Å². The second kappa shape index (κ2) is 9.10. The van der Waals surface area contributed by atoms with Gasteiger partial charge in [0.05, 0.1) is 30.4 Å². The summed E-state index contributed by atoms with van der Waals surface area (Å²) in [7, 11) is 2.97. The Morgan fingerprint density at radius 1 is 1.13 bits per heavy atom. The number of methoxy groups -OCH3 is 2. The Balaban J connectivity index is 1.73. The van der Waals surface area contributed by atoms with E-state index in [-0.39, 0.29) is 5.69 Å². The summed E-state index contributed by atoms with van der Waals surface area (Å²) in [6, 6.07) is 12.0. The van der Waals surface area contributed by atoms with Crippen molar-refractivity contribution in [2.24, 2.45) is 5.10 Å². The number of hydrogen-bond acceptors (Lipinski definition) is 7. The zero-order valence-corrected chi connectivity index (χ0v) is 16.7. The number of furan rings is 1. The zero-order valence-electron chi connectivity index (χ0n) is 15.9. The summed E-state index contributed by atoms with van der Waals surface area (Å²) in [5, 5.41) is 15.1. The van der Waals surface area contributed by atoms with Crippen molar-refractivity contribution < 1.29 is 23.6 Å². The highest BCUT2D eigenvalue weighted by molar-refractivity contribution is 6.33. The topological polar surface area (TPSA) is 116 Å². The number of non-ortho nitro benzene ring substituents is 1. The molecule has 3 aromatic rings. The average molecular weight is 430 g/mol. The Bertz CT molecular complexity index is 1100. The average Bonchev–Trinajstić information content (AvgIpc) is 3.21. The molecule has 0 bridgehead atoms. The maximum atomic E-state index is 12.3. The quantitative estimate of drug-likeness (QED) is 0.340. The molecular weight excluding hydrogens is 414 g/mol. The zero-order chi connectivity index (χ0) is 21.7. The Labute approximate surface area is 176 Å². The van der Waals surface area contributed by atoms with Gasteiger partial charge < -0.3 is 13.9 Å². The molecule has 0 saturated heterocycles. The van der Waals surface area contributed by atoms with Gasteiger partial charge in [0.1, 0.15) is 23.0 Å². The number of nitro groups is 1.